The fourth-order valence-corrected chi connectivity index (χ4v) is 3.30. The van der Waals surface area contributed by atoms with Crippen LogP contribution in [0.2, 0.25) is 0 Å². The van der Waals surface area contributed by atoms with Gasteiger partial charge < -0.3 is 15.5 Å². The highest BCUT2D eigenvalue weighted by molar-refractivity contribution is 5.95. The molecular formula is C20H25F3N6O. The molecule has 2 aromatic rings. The summed E-state index contributed by atoms with van der Waals surface area (Å²) in [5, 5.41) is 9.46. The number of guanidine groups is 1. The van der Waals surface area contributed by atoms with Gasteiger partial charge in [-0.15, -0.1) is 0 Å². The molecule has 2 heterocycles. The number of nitrogens with zero attached hydrogens (tertiary/aromatic N) is 4. The maximum Gasteiger partial charge on any atom is 0.435 e. The summed E-state index contributed by atoms with van der Waals surface area (Å²) in [5.74, 6) is 0.543. The molecule has 0 saturated carbocycles. The Morgan fingerprint density at radius 2 is 1.97 bits per heavy atom. The van der Waals surface area contributed by atoms with Crippen molar-refractivity contribution < 1.29 is 18.0 Å². The second-order valence-corrected chi connectivity index (χ2v) is 7.04. The molecule has 1 aliphatic rings. The van der Waals surface area contributed by atoms with Crippen LogP contribution < -0.4 is 15.5 Å². The molecule has 7 nitrogen and oxygen atoms in total. The molecule has 162 valence electrons. The van der Waals surface area contributed by atoms with Crippen molar-refractivity contribution >= 4 is 17.6 Å². The molecule has 0 bridgehead atoms. The van der Waals surface area contributed by atoms with Crippen molar-refractivity contribution in [2.24, 2.45) is 12.0 Å². The molecule has 30 heavy (non-hydrogen) atoms. The van der Waals surface area contributed by atoms with Crippen molar-refractivity contribution in [1.29, 1.82) is 0 Å². The smallest absolute Gasteiger partial charge is 0.357 e. The van der Waals surface area contributed by atoms with E-state index in [2.05, 4.69) is 20.7 Å². The fourth-order valence-electron chi connectivity index (χ4n) is 3.30. The Kier molecular flexibility index (Phi) is 6.63. The van der Waals surface area contributed by atoms with E-state index < -0.39 is 11.9 Å². The zero-order valence-corrected chi connectivity index (χ0v) is 17.0. The minimum absolute atomic E-state index is 0.0511. The van der Waals surface area contributed by atoms with Gasteiger partial charge in [-0.25, -0.2) is 4.99 Å². The zero-order valence-electron chi connectivity index (χ0n) is 17.0. The van der Waals surface area contributed by atoms with Gasteiger partial charge >= 0.3 is 6.18 Å². The monoisotopic (exact) mass is 422 g/mol. The molecule has 0 unspecified atom stereocenters. The lowest BCUT2D eigenvalue weighted by Gasteiger charge is -2.16. The van der Waals surface area contributed by atoms with Crippen LogP contribution in [0, 0.1) is 0 Å². The average molecular weight is 422 g/mol. The molecule has 0 aliphatic carbocycles. The maximum absolute atomic E-state index is 13.1. The standard InChI is InChI=1S/C20H25F3N6O/c1-3-24-19(26-12-15-13-28(2)27-18(15)20(21,22)23)25-11-14-6-8-16(9-7-14)29-10-4-5-17(29)30/h6-9,13H,3-5,10-12H2,1-2H3,(H2,24,25,26). The summed E-state index contributed by atoms with van der Waals surface area (Å²) < 4.78 is 40.4. The Morgan fingerprint density at radius 1 is 1.23 bits per heavy atom. The van der Waals surface area contributed by atoms with E-state index in [9.17, 15) is 18.0 Å². The van der Waals surface area contributed by atoms with E-state index in [4.69, 9.17) is 0 Å². The van der Waals surface area contributed by atoms with E-state index in [0.29, 0.717) is 25.5 Å². The average Bonchev–Trinajstić information content (AvgIpc) is 3.29. The lowest BCUT2D eigenvalue weighted by Crippen LogP contribution is -2.37. The van der Waals surface area contributed by atoms with Crippen LogP contribution >= 0.6 is 0 Å². The van der Waals surface area contributed by atoms with Crippen LogP contribution in [0.25, 0.3) is 0 Å². The summed E-state index contributed by atoms with van der Waals surface area (Å²) in [5.41, 5.74) is 0.946. The predicted molar refractivity (Wildman–Crippen MR) is 108 cm³/mol. The molecule has 3 rings (SSSR count). The summed E-state index contributed by atoms with van der Waals surface area (Å²) in [7, 11) is 1.46. The first-order valence-corrected chi connectivity index (χ1v) is 9.79. The molecule has 0 atom stereocenters. The van der Waals surface area contributed by atoms with Gasteiger partial charge in [-0.05, 0) is 31.0 Å². The molecular weight excluding hydrogens is 397 g/mol. The van der Waals surface area contributed by atoms with Crippen LogP contribution in [0.5, 0.6) is 0 Å². The minimum atomic E-state index is -4.51. The van der Waals surface area contributed by atoms with E-state index in [-0.39, 0.29) is 18.0 Å². The first-order chi connectivity index (χ1) is 14.3. The lowest BCUT2D eigenvalue weighted by atomic mass is 10.2. The molecule has 1 fully saturated rings. The van der Waals surface area contributed by atoms with E-state index in [1.54, 1.807) is 4.90 Å². The van der Waals surface area contributed by atoms with Crippen LogP contribution in [0.3, 0.4) is 0 Å². The van der Waals surface area contributed by atoms with Crippen molar-refractivity contribution in [2.45, 2.75) is 39.0 Å². The molecule has 1 aliphatic heterocycles. The van der Waals surface area contributed by atoms with Gasteiger partial charge in [-0.2, -0.15) is 18.3 Å². The van der Waals surface area contributed by atoms with Gasteiger partial charge in [0.15, 0.2) is 11.7 Å². The summed E-state index contributed by atoms with van der Waals surface area (Å²) >= 11 is 0. The maximum atomic E-state index is 13.1. The first-order valence-electron chi connectivity index (χ1n) is 9.79. The number of rotatable bonds is 6. The minimum Gasteiger partial charge on any atom is -0.357 e. The second-order valence-electron chi connectivity index (χ2n) is 7.04. The normalized spacial score (nSPS) is 15.0. The van der Waals surface area contributed by atoms with Gasteiger partial charge in [0.1, 0.15) is 0 Å². The number of alkyl halides is 3. The Bertz CT molecular complexity index is 904. The van der Waals surface area contributed by atoms with Gasteiger partial charge in [-0.3, -0.25) is 9.48 Å². The molecule has 10 heteroatoms. The molecule has 1 amide bonds. The van der Waals surface area contributed by atoms with Crippen molar-refractivity contribution in [3.63, 3.8) is 0 Å². The van der Waals surface area contributed by atoms with E-state index >= 15 is 0 Å². The van der Waals surface area contributed by atoms with Gasteiger partial charge in [0, 0.05) is 50.6 Å². The van der Waals surface area contributed by atoms with Gasteiger partial charge in [0.2, 0.25) is 5.91 Å². The third kappa shape index (κ3) is 5.31. The fraction of sp³-hybridized carbons (Fsp3) is 0.450. The first kappa shape index (κ1) is 21.7. The number of aromatic nitrogens is 2. The molecule has 0 radical (unpaired) electrons. The van der Waals surface area contributed by atoms with Gasteiger partial charge in [0.25, 0.3) is 0 Å². The lowest BCUT2D eigenvalue weighted by molar-refractivity contribution is -0.142. The van der Waals surface area contributed by atoms with E-state index in [1.807, 2.05) is 31.2 Å². The molecule has 1 aromatic carbocycles. The number of halogens is 3. The zero-order chi connectivity index (χ0) is 21.7. The van der Waals surface area contributed by atoms with Crippen molar-refractivity contribution in [3.05, 3.63) is 47.3 Å². The van der Waals surface area contributed by atoms with E-state index in [1.165, 1.54) is 13.2 Å². The van der Waals surface area contributed by atoms with Crippen molar-refractivity contribution in [1.82, 2.24) is 20.4 Å². The number of aliphatic imine (C=N–C) groups is 1. The van der Waals surface area contributed by atoms with Crippen LogP contribution in [-0.4, -0.2) is 34.7 Å². The Labute approximate surface area is 173 Å². The number of benzene rings is 1. The van der Waals surface area contributed by atoms with Gasteiger partial charge in [0.05, 0.1) is 6.54 Å². The quantitative estimate of drug-likeness (QED) is 0.555. The molecule has 1 saturated heterocycles. The third-order valence-corrected chi connectivity index (χ3v) is 4.70. The number of carbonyl (C=O) groups excluding carboxylic acids is 1. The van der Waals surface area contributed by atoms with Gasteiger partial charge in [-0.1, -0.05) is 12.1 Å². The summed E-state index contributed by atoms with van der Waals surface area (Å²) in [6.07, 6.45) is -1.71. The summed E-state index contributed by atoms with van der Waals surface area (Å²) in [6.45, 7) is 3.48. The van der Waals surface area contributed by atoms with Crippen LogP contribution in [0.15, 0.2) is 35.5 Å². The predicted octanol–water partition coefficient (Wildman–Crippen LogP) is 2.82. The number of nitrogens with one attached hydrogen (secondary N) is 2. The number of carbonyl (C=O) groups is 1. The topological polar surface area (TPSA) is 74.6 Å². The number of anilines is 1. The SMILES string of the molecule is CCNC(=NCc1ccc(N2CCCC2=O)cc1)NCc1cn(C)nc1C(F)(F)F. The number of hydrogen-bond donors (Lipinski definition) is 2. The van der Waals surface area contributed by atoms with E-state index in [0.717, 1.165) is 28.9 Å². The number of hydrogen-bond acceptors (Lipinski definition) is 3. The highest BCUT2D eigenvalue weighted by Crippen LogP contribution is 2.30. The molecule has 1 aromatic heterocycles. The Balaban J connectivity index is 1.64. The molecule has 0 spiro atoms. The number of aryl methyl sites for hydroxylation is 1. The molecule has 2 N–H and O–H groups in total. The Morgan fingerprint density at radius 3 is 2.57 bits per heavy atom. The third-order valence-electron chi connectivity index (χ3n) is 4.70. The van der Waals surface area contributed by atoms with Crippen LogP contribution in [-0.2, 0) is 31.1 Å². The second kappa shape index (κ2) is 9.19. The van der Waals surface area contributed by atoms with Crippen LogP contribution in [0.1, 0.15) is 36.6 Å². The largest absolute Gasteiger partial charge is 0.435 e. The van der Waals surface area contributed by atoms with Crippen LogP contribution in [0.4, 0.5) is 18.9 Å². The summed E-state index contributed by atoms with van der Waals surface area (Å²) in [6, 6.07) is 7.58. The number of amides is 1. The van der Waals surface area contributed by atoms with Crippen molar-refractivity contribution in [3.8, 4) is 0 Å². The highest BCUT2D eigenvalue weighted by atomic mass is 19.4. The Hall–Kier alpha value is -3.04. The highest BCUT2D eigenvalue weighted by Gasteiger charge is 2.36. The summed E-state index contributed by atoms with van der Waals surface area (Å²) in [4.78, 5) is 18.0. The van der Waals surface area contributed by atoms with Crippen molar-refractivity contribution in [2.75, 3.05) is 18.0 Å².